The van der Waals surface area contributed by atoms with Gasteiger partial charge in [0.25, 0.3) is 0 Å². The Morgan fingerprint density at radius 3 is 2.79 bits per heavy atom. The average molecular weight is 283 g/mol. The SMILES string of the molecule is O=C(O)c1cccc(CCN2CCCCS2(=O)=O)c1. The van der Waals surface area contributed by atoms with Gasteiger partial charge in [0, 0.05) is 13.1 Å². The molecule has 1 saturated heterocycles. The van der Waals surface area contributed by atoms with Gasteiger partial charge >= 0.3 is 5.97 Å². The number of carboxylic acids is 1. The first-order chi connectivity index (χ1) is 8.99. The molecule has 1 aromatic carbocycles. The van der Waals surface area contributed by atoms with Crippen LogP contribution in [0.1, 0.15) is 28.8 Å². The van der Waals surface area contributed by atoms with Crippen molar-refractivity contribution in [2.75, 3.05) is 18.8 Å². The lowest BCUT2D eigenvalue weighted by Crippen LogP contribution is -2.39. The number of sulfonamides is 1. The van der Waals surface area contributed by atoms with E-state index in [1.165, 1.54) is 10.4 Å². The van der Waals surface area contributed by atoms with E-state index in [1.807, 2.05) is 6.07 Å². The number of carboxylic acid groups (broad SMARTS) is 1. The van der Waals surface area contributed by atoms with Gasteiger partial charge in [-0.3, -0.25) is 0 Å². The largest absolute Gasteiger partial charge is 0.478 e. The molecule has 0 bridgehead atoms. The molecular weight excluding hydrogens is 266 g/mol. The van der Waals surface area contributed by atoms with Crippen LogP contribution in [0.15, 0.2) is 24.3 Å². The van der Waals surface area contributed by atoms with E-state index in [4.69, 9.17) is 5.11 Å². The predicted molar refractivity (Wildman–Crippen MR) is 71.7 cm³/mol. The number of aromatic carboxylic acids is 1. The van der Waals surface area contributed by atoms with Gasteiger partial charge in [-0.15, -0.1) is 0 Å². The molecule has 1 fully saturated rings. The third-order valence-electron chi connectivity index (χ3n) is 3.28. The molecule has 0 aliphatic carbocycles. The van der Waals surface area contributed by atoms with Gasteiger partial charge < -0.3 is 5.11 Å². The second kappa shape index (κ2) is 5.71. The van der Waals surface area contributed by atoms with E-state index < -0.39 is 16.0 Å². The summed E-state index contributed by atoms with van der Waals surface area (Å²) in [6.45, 7) is 0.992. The van der Waals surface area contributed by atoms with Gasteiger partial charge in [-0.25, -0.2) is 17.5 Å². The summed E-state index contributed by atoms with van der Waals surface area (Å²) < 4.78 is 25.1. The first-order valence-electron chi connectivity index (χ1n) is 6.29. The topological polar surface area (TPSA) is 74.7 Å². The number of carbonyl (C=O) groups is 1. The van der Waals surface area contributed by atoms with Crippen LogP contribution in [0, 0.1) is 0 Å². The van der Waals surface area contributed by atoms with Crippen LogP contribution in [-0.2, 0) is 16.4 Å². The molecule has 1 aliphatic heterocycles. The maximum absolute atomic E-state index is 11.8. The van der Waals surface area contributed by atoms with Gasteiger partial charge in [0.2, 0.25) is 10.0 Å². The molecule has 2 rings (SSSR count). The molecule has 0 aromatic heterocycles. The van der Waals surface area contributed by atoms with Gasteiger partial charge in [0.15, 0.2) is 0 Å². The Morgan fingerprint density at radius 1 is 1.32 bits per heavy atom. The summed E-state index contributed by atoms with van der Waals surface area (Å²) in [5.41, 5.74) is 1.08. The fourth-order valence-electron chi connectivity index (χ4n) is 2.21. The molecule has 0 spiro atoms. The lowest BCUT2D eigenvalue weighted by atomic mass is 10.1. The van der Waals surface area contributed by atoms with E-state index in [9.17, 15) is 13.2 Å². The average Bonchev–Trinajstić information content (AvgIpc) is 2.37. The minimum Gasteiger partial charge on any atom is -0.478 e. The Labute approximate surface area is 112 Å². The van der Waals surface area contributed by atoms with E-state index in [1.54, 1.807) is 12.1 Å². The van der Waals surface area contributed by atoms with Crippen molar-refractivity contribution in [2.24, 2.45) is 0 Å². The second-order valence-electron chi connectivity index (χ2n) is 4.68. The second-order valence-corrected chi connectivity index (χ2v) is 6.77. The fraction of sp³-hybridized carbons (Fsp3) is 0.462. The van der Waals surface area contributed by atoms with E-state index in [2.05, 4.69) is 0 Å². The van der Waals surface area contributed by atoms with Gasteiger partial charge in [-0.1, -0.05) is 12.1 Å². The van der Waals surface area contributed by atoms with E-state index in [-0.39, 0.29) is 11.3 Å². The Bertz CT molecular complexity index is 568. The molecule has 6 heteroatoms. The molecule has 0 saturated carbocycles. The zero-order valence-electron chi connectivity index (χ0n) is 10.6. The normalized spacial score (nSPS) is 19.2. The lowest BCUT2D eigenvalue weighted by Gasteiger charge is -2.26. The van der Waals surface area contributed by atoms with Crippen molar-refractivity contribution >= 4 is 16.0 Å². The zero-order chi connectivity index (χ0) is 13.9. The number of rotatable bonds is 4. The number of hydrogen-bond donors (Lipinski definition) is 1. The molecule has 5 nitrogen and oxygen atoms in total. The Balaban J connectivity index is 2.02. The molecule has 0 amide bonds. The van der Waals surface area contributed by atoms with Crippen LogP contribution in [0.3, 0.4) is 0 Å². The molecule has 1 N–H and O–H groups in total. The number of benzene rings is 1. The van der Waals surface area contributed by atoms with Gasteiger partial charge in [0.05, 0.1) is 11.3 Å². The molecule has 1 aliphatic rings. The number of nitrogens with zero attached hydrogens (tertiary/aromatic N) is 1. The molecule has 1 heterocycles. The summed E-state index contributed by atoms with van der Waals surface area (Å²) in [6, 6.07) is 6.63. The highest BCUT2D eigenvalue weighted by atomic mass is 32.2. The van der Waals surface area contributed by atoms with Crippen LogP contribution in [0.5, 0.6) is 0 Å². The van der Waals surface area contributed by atoms with Crippen LogP contribution in [-0.4, -0.2) is 42.6 Å². The van der Waals surface area contributed by atoms with Crippen LogP contribution >= 0.6 is 0 Å². The molecule has 0 unspecified atom stereocenters. The smallest absolute Gasteiger partial charge is 0.335 e. The molecule has 0 atom stereocenters. The van der Waals surface area contributed by atoms with Gasteiger partial charge in [-0.05, 0) is 37.0 Å². The minimum absolute atomic E-state index is 0.224. The maximum atomic E-state index is 11.8. The Morgan fingerprint density at radius 2 is 2.11 bits per heavy atom. The van der Waals surface area contributed by atoms with Gasteiger partial charge in [-0.2, -0.15) is 0 Å². The monoisotopic (exact) mass is 283 g/mol. The van der Waals surface area contributed by atoms with Crippen molar-refractivity contribution in [3.05, 3.63) is 35.4 Å². The fourth-order valence-corrected chi connectivity index (χ4v) is 3.81. The van der Waals surface area contributed by atoms with Crippen molar-refractivity contribution in [1.82, 2.24) is 4.31 Å². The van der Waals surface area contributed by atoms with Crippen LogP contribution < -0.4 is 0 Å². The van der Waals surface area contributed by atoms with Crippen LogP contribution in [0.4, 0.5) is 0 Å². The Kier molecular flexibility index (Phi) is 4.21. The molecular formula is C13H17NO4S. The van der Waals surface area contributed by atoms with Crippen molar-refractivity contribution in [3.63, 3.8) is 0 Å². The summed E-state index contributed by atoms with van der Waals surface area (Å²) in [5.74, 6) is -0.741. The highest BCUT2D eigenvalue weighted by Gasteiger charge is 2.25. The molecule has 19 heavy (non-hydrogen) atoms. The molecule has 104 valence electrons. The van der Waals surface area contributed by atoms with Crippen molar-refractivity contribution in [3.8, 4) is 0 Å². The highest BCUT2D eigenvalue weighted by molar-refractivity contribution is 7.89. The standard InChI is InChI=1S/C13H17NO4S/c15-13(16)12-5-3-4-11(10-12)6-8-14-7-1-2-9-19(14,17)18/h3-5,10H,1-2,6-9H2,(H,15,16). The van der Waals surface area contributed by atoms with Crippen molar-refractivity contribution in [1.29, 1.82) is 0 Å². The minimum atomic E-state index is -3.10. The van der Waals surface area contributed by atoms with Gasteiger partial charge in [0.1, 0.15) is 0 Å². The lowest BCUT2D eigenvalue weighted by molar-refractivity contribution is 0.0696. The zero-order valence-corrected chi connectivity index (χ0v) is 11.4. The number of hydrogen-bond acceptors (Lipinski definition) is 3. The Hall–Kier alpha value is -1.40. The summed E-state index contributed by atoms with van der Waals surface area (Å²) in [4.78, 5) is 10.9. The summed E-state index contributed by atoms with van der Waals surface area (Å²) in [6.07, 6.45) is 2.17. The quantitative estimate of drug-likeness (QED) is 0.905. The third kappa shape index (κ3) is 3.54. The summed E-state index contributed by atoms with van der Waals surface area (Å²) >= 11 is 0. The third-order valence-corrected chi connectivity index (χ3v) is 5.23. The highest BCUT2D eigenvalue weighted by Crippen LogP contribution is 2.15. The van der Waals surface area contributed by atoms with Crippen molar-refractivity contribution < 1.29 is 18.3 Å². The van der Waals surface area contributed by atoms with E-state index in [0.717, 1.165) is 18.4 Å². The predicted octanol–water partition coefficient (Wildman–Crippen LogP) is 1.35. The van der Waals surface area contributed by atoms with E-state index >= 15 is 0 Å². The summed E-state index contributed by atoms with van der Waals surface area (Å²) in [5, 5.41) is 8.90. The van der Waals surface area contributed by atoms with Crippen LogP contribution in [0.2, 0.25) is 0 Å². The maximum Gasteiger partial charge on any atom is 0.335 e. The summed E-state index contributed by atoms with van der Waals surface area (Å²) in [7, 11) is -3.10. The van der Waals surface area contributed by atoms with Crippen molar-refractivity contribution in [2.45, 2.75) is 19.3 Å². The first-order valence-corrected chi connectivity index (χ1v) is 7.90. The van der Waals surface area contributed by atoms with Crippen LogP contribution in [0.25, 0.3) is 0 Å². The molecule has 0 radical (unpaired) electrons. The molecule has 1 aromatic rings. The first kappa shape index (κ1) is 14.0. The van der Waals surface area contributed by atoms with E-state index in [0.29, 0.717) is 19.5 Å².